The lowest BCUT2D eigenvalue weighted by Gasteiger charge is -2.03. The van der Waals surface area contributed by atoms with Crippen molar-refractivity contribution in [1.82, 2.24) is 9.97 Å². The summed E-state index contributed by atoms with van der Waals surface area (Å²) in [6, 6.07) is 7.72. The molecular weight excluding hydrogens is 228 g/mol. The fourth-order valence-corrected chi connectivity index (χ4v) is 2.21. The second kappa shape index (κ2) is 4.29. The van der Waals surface area contributed by atoms with Crippen molar-refractivity contribution in [1.29, 1.82) is 0 Å². The number of unbranched alkanes of at least 4 members (excludes halogenated alkanes) is 1. The fraction of sp³-hybridized carbons (Fsp3) is 0.286. The Morgan fingerprint density at radius 3 is 3.00 bits per heavy atom. The quantitative estimate of drug-likeness (QED) is 0.768. The van der Waals surface area contributed by atoms with E-state index in [9.17, 15) is 4.79 Å². The van der Waals surface area contributed by atoms with Crippen molar-refractivity contribution in [2.75, 3.05) is 0 Å². The van der Waals surface area contributed by atoms with E-state index in [1.165, 1.54) is 0 Å². The number of para-hydroxylation sites is 1. The van der Waals surface area contributed by atoms with E-state index in [0.29, 0.717) is 5.58 Å². The Kier molecular flexibility index (Phi) is 2.63. The molecule has 0 saturated heterocycles. The summed E-state index contributed by atoms with van der Waals surface area (Å²) in [6.45, 7) is 2.14. The van der Waals surface area contributed by atoms with Crippen molar-refractivity contribution in [3.8, 4) is 0 Å². The Morgan fingerprint density at radius 2 is 2.17 bits per heavy atom. The maximum atomic E-state index is 11.4. The van der Waals surface area contributed by atoms with Crippen LogP contribution in [-0.2, 0) is 6.42 Å². The third-order valence-electron chi connectivity index (χ3n) is 3.11. The Morgan fingerprint density at radius 1 is 1.33 bits per heavy atom. The van der Waals surface area contributed by atoms with Gasteiger partial charge in [-0.2, -0.15) is 0 Å². The first-order chi connectivity index (χ1) is 8.79. The molecule has 0 aliphatic carbocycles. The molecule has 3 rings (SSSR count). The van der Waals surface area contributed by atoms with Crippen LogP contribution >= 0.6 is 0 Å². The van der Waals surface area contributed by atoms with E-state index in [1.807, 2.05) is 24.3 Å². The number of benzene rings is 1. The van der Waals surface area contributed by atoms with Crippen molar-refractivity contribution >= 4 is 22.0 Å². The van der Waals surface area contributed by atoms with Gasteiger partial charge in [-0.3, -0.25) is 9.97 Å². The summed E-state index contributed by atoms with van der Waals surface area (Å²) in [4.78, 5) is 18.8. The average molecular weight is 242 g/mol. The Balaban J connectivity index is 2.35. The summed E-state index contributed by atoms with van der Waals surface area (Å²) in [5, 5.41) is 0.881. The van der Waals surface area contributed by atoms with Gasteiger partial charge in [0, 0.05) is 5.39 Å². The zero-order valence-electron chi connectivity index (χ0n) is 10.2. The van der Waals surface area contributed by atoms with Crippen LogP contribution in [-0.4, -0.2) is 9.97 Å². The van der Waals surface area contributed by atoms with Crippen molar-refractivity contribution < 1.29 is 4.42 Å². The highest BCUT2D eigenvalue weighted by atomic mass is 16.4. The van der Waals surface area contributed by atoms with E-state index in [4.69, 9.17) is 4.42 Å². The molecule has 0 atom stereocenters. The van der Waals surface area contributed by atoms with Crippen LogP contribution in [0, 0.1) is 0 Å². The molecule has 18 heavy (non-hydrogen) atoms. The molecule has 1 aromatic carbocycles. The number of H-pyrrole nitrogens is 1. The molecular formula is C14H14N2O2. The summed E-state index contributed by atoms with van der Waals surface area (Å²) < 4.78 is 5.25. The van der Waals surface area contributed by atoms with Gasteiger partial charge in [-0.25, -0.2) is 4.79 Å². The molecule has 2 aromatic heterocycles. The molecule has 0 saturated carbocycles. The number of aryl methyl sites for hydroxylation is 1. The smallest absolute Gasteiger partial charge is 0.407 e. The molecule has 1 N–H and O–H groups in total. The van der Waals surface area contributed by atoms with Crippen LogP contribution < -0.4 is 5.76 Å². The van der Waals surface area contributed by atoms with E-state index in [2.05, 4.69) is 16.9 Å². The lowest BCUT2D eigenvalue weighted by molar-refractivity contribution is 0.558. The summed E-state index contributed by atoms with van der Waals surface area (Å²) in [5.41, 5.74) is 3.15. The van der Waals surface area contributed by atoms with Crippen LogP contribution in [0.15, 0.2) is 33.5 Å². The molecule has 3 aromatic rings. The SMILES string of the molecule is CCCCc1nc2ccccc2c2oc(=O)[nH]c12. The first-order valence-corrected chi connectivity index (χ1v) is 6.20. The number of hydrogen-bond acceptors (Lipinski definition) is 3. The second-order valence-corrected chi connectivity index (χ2v) is 4.40. The maximum absolute atomic E-state index is 11.4. The third kappa shape index (κ3) is 1.70. The molecule has 0 spiro atoms. The highest BCUT2D eigenvalue weighted by molar-refractivity contribution is 6.01. The summed E-state index contributed by atoms with van der Waals surface area (Å²) >= 11 is 0. The standard InChI is InChI=1S/C14H14N2O2/c1-2-3-7-11-12-13(18-14(17)16-12)9-6-4-5-8-10(9)15-11/h4-6,8H,2-3,7H2,1H3,(H,16,17). The number of rotatable bonds is 3. The first-order valence-electron chi connectivity index (χ1n) is 6.20. The molecule has 4 nitrogen and oxygen atoms in total. The molecule has 0 fully saturated rings. The molecule has 2 heterocycles. The van der Waals surface area contributed by atoms with Crippen molar-refractivity contribution in [3.05, 3.63) is 40.5 Å². The molecule has 4 heteroatoms. The second-order valence-electron chi connectivity index (χ2n) is 4.40. The largest absolute Gasteiger partial charge is 0.417 e. The lowest BCUT2D eigenvalue weighted by Crippen LogP contribution is -1.96. The molecule has 0 radical (unpaired) electrons. The minimum atomic E-state index is -0.416. The predicted molar refractivity (Wildman–Crippen MR) is 70.7 cm³/mol. The Bertz CT molecular complexity index is 755. The van der Waals surface area contributed by atoms with Gasteiger partial charge in [-0.05, 0) is 25.0 Å². The number of aromatic amines is 1. The zero-order valence-corrected chi connectivity index (χ0v) is 10.2. The van der Waals surface area contributed by atoms with E-state index >= 15 is 0 Å². The highest BCUT2D eigenvalue weighted by Crippen LogP contribution is 2.24. The van der Waals surface area contributed by atoms with Crippen LogP contribution in [0.25, 0.3) is 22.0 Å². The Hall–Kier alpha value is -2.10. The maximum Gasteiger partial charge on any atom is 0.417 e. The molecule has 0 amide bonds. The topological polar surface area (TPSA) is 58.9 Å². The number of oxazole rings is 1. The van der Waals surface area contributed by atoms with Gasteiger partial charge in [0.1, 0.15) is 5.52 Å². The van der Waals surface area contributed by atoms with E-state index in [-0.39, 0.29) is 0 Å². The van der Waals surface area contributed by atoms with Crippen LogP contribution in [0.2, 0.25) is 0 Å². The number of nitrogens with zero attached hydrogens (tertiary/aromatic N) is 1. The van der Waals surface area contributed by atoms with Gasteiger partial charge in [-0.15, -0.1) is 0 Å². The number of fused-ring (bicyclic) bond motifs is 3. The van der Waals surface area contributed by atoms with Crippen LogP contribution in [0.3, 0.4) is 0 Å². The predicted octanol–water partition coefficient (Wildman–Crippen LogP) is 3.01. The highest BCUT2D eigenvalue weighted by Gasteiger charge is 2.12. The average Bonchev–Trinajstić information content (AvgIpc) is 2.78. The third-order valence-corrected chi connectivity index (χ3v) is 3.11. The normalized spacial score (nSPS) is 11.4. The molecule has 92 valence electrons. The van der Waals surface area contributed by atoms with Gasteiger partial charge in [0.25, 0.3) is 0 Å². The summed E-state index contributed by atoms with van der Waals surface area (Å²) in [5.74, 6) is -0.416. The summed E-state index contributed by atoms with van der Waals surface area (Å²) in [6.07, 6.45) is 3.00. The van der Waals surface area contributed by atoms with Crippen LogP contribution in [0.4, 0.5) is 0 Å². The van der Waals surface area contributed by atoms with Crippen molar-refractivity contribution in [2.45, 2.75) is 26.2 Å². The number of hydrogen-bond donors (Lipinski definition) is 1. The van der Waals surface area contributed by atoms with E-state index in [0.717, 1.165) is 41.4 Å². The molecule has 0 unspecified atom stereocenters. The molecule has 0 aliphatic heterocycles. The first kappa shape index (κ1) is 11.0. The van der Waals surface area contributed by atoms with Crippen molar-refractivity contribution in [3.63, 3.8) is 0 Å². The van der Waals surface area contributed by atoms with E-state index < -0.39 is 5.76 Å². The number of aromatic nitrogens is 2. The van der Waals surface area contributed by atoms with Crippen LogP contribution in [0.1, 0.15) is 25.5 Å². The summed E-state index contributed by atoms with van der Waals surface area (Å²) in [7, 11) is 0. The lowest BCUT2D eigenvalue weighted by atomic mass is 10.1. The van der Waals surface area contributed by atoms with Crippen molar-refractivity contribution in [2.24, 2.45) is 0 Å². The minimum absolute atomic E-state index is 0.416. The van der Waals surface area contributed by atoms with Gasteiger partial charge in [0.2, 0.25) is 0 Å². The molecule has 0 aliphatic rings. The van der Waals surface area contributed by atoms with Gasteiger partial charge >= 0.3 is 5.76 Å². The number of pyridine rings is 1. The zero-order chi connectivity index (χ0) is 12.5. The Labute approximate surface area is 104 Å². The van der Waals surface area contributed by atoms with Gasteiger partial charge in [-0.1, -0.05) is 25.5 Å². The van der Waals surface area contributed by atoms with Gasteiger partial charge in [0.15, 0.2) is 5.58 Å². The number of nitrogens with one attached hydrogen (secondary N) is 1. The monoisotopic (exact) mass is 242 g/mol. The van der Waals surface area contributed by atoms with Gasteiger partial charge < -0.3 is 4.42 Å². The minimum Gasteiger partial charge on any atom is -0.407 e. The molecule has 0 bridgehead atoms. The fourth-order valence-electron chi connectivity index (χ4n) is 2.21. The van der Waals surface area contributed by atoms with E-state index in [1.54, 1.807) is 0 Å². The van der Waals surface area contributed by atoms with Crippen LogP contribution in [0.5, 0.6) is 0 Å². The van der Waals surface area contributed by atoms with Gasteiger partial charge in [0.05, 0.1) is 11.2 Å².